The zero-order chi connectivity index (χ0) is 18.6. The number of rotatable bonds is 5. The minimum atomic E-state index is -0.434. The molecule has 1 heterocycles. The molecule has 1 aromatic carbocycles. The van der Waals surface area contributed by atoms with Gasteiger partial charge in [0.25, 0.3) is 0 Å². The van der Waals surface area contributed by atoms with Crippen molar-refractivity contribution in [3.63, 3.8) is 0 Å². The molecular formula is C16H18N4O3S2. The van der Waals surface area contributed by atoms with Gasteiger partial charge in [-0.25, -0.2) is 4.79 Å². The van der Waals surface area contributed by atoms with Gasteiger partial charge >= 0.3 is 6.03 Å². The van der Waals surface area contributed by atoms with Gasteiger partial charge in [0.1, 0.15) is 5.76 Å². The van der Waals surface area contributed by atoms with Crippen LogP contribution in [0.1, 0.15) is 25.0 Å². The van der Waals surface area contributed by atoms with Crippen molar-refractivity contribution in [1.29, 1.82) is 0 Å². The molecule has 0 spiro atoms. The Labute approximate surface area is 153 Å². The van der Waals surface area contributed by atoms with Gasteiger partial charge in [-0.1, -0.05) is 17.4 Å². The first-order valence-electron chi connectivity index (χ1n) is 7.33. The minimum Gasteiger partial charge on any atom is -0.511 e. The molecule has 0 unspecified atom stereocenters. The predicted octanol–water partition coefficient (Wildman–Crippen LogP) is 4.27. The molecule has 0 aliphatic carbocycles. The van der Waals surface area contributed by atoms with Crippen LogP contribution >= 0.6 is 23.1 Å². The summed E-state index contributed by atoms with van der Waals surface area (Å²) in [5.74, 6) is -0.336. The molecule has 0 bridgehead atoms. The first-order valence-corrected chi connectivity index (χ1v) is 8.97. The number of allylic oxidation sites excluding steroid dienone is 2. The normalized spacial score (nSPS) is 11.7. The molecule has 7 nitrogen and oxygen atoms in total. The molecule has 0 saturated carbocycles. The van der Waals surface area contributed by atoms with Crippen LogP contribution in [0.4, 0.5) is 15.6 Å². The van der Waals surface area contributed by atoms with Gasteiger partial charge < -0.3 is 10.4 Å². The number of aliphatic hydroxyl groups excluding tert-OH is 1. The summed E-state index contributed by atoms with van der Waals surface area (Å²) in [5, 5.41) is 22.9. The van der Waals surface area contributed by atoms with E-state index < -0.39 is 6.03 Å². The van der Waals surface area contributed by atoms with Crippen LogP contribution < -0.4 is 10.6 Å². The van der Waals surface area contributed by atoms with E-state index in [4.69, 9.17) is 0 Å². The van der Waals surface area contributed by atoms with Crippen molar-refractivity contribution in [2.75, 3.05) is 10.6 Å². The maximum Gasteiger partial charge on any atom is 0.325 e. The second kappa shape index (κ2) is 8.13. The highest BCUT2D eigenvalue weighted by atomic mass is 32.2. The predicted molar refractivity (Wildman–Crippen MR) is 100 cm³/mol. The molecular weight excluding hydrogens is 360 g/mol. The summed E-state index contributed by atoms with van der Waals surface area (Å²) in [7, 11) is 0. The standard InChI is InChI=1S/C16H18N4O3S2/c1-8-5-6-12(7-9(8)2)17-14(23)18-15-19-20-16(25-15)24-13(10(3)21)11(4)22/h5-7,21H,1-4H3,(H2,17,18,19,23)/b13-10-. The summed E-state index contributed by atoms with van der Waals surface area (Å²) in [6.07, 6.45) is 0. The lowest BCUT2D eigenvalue weighted by molar-refractivity contribution is -0.113. The molecule has 0 fully saturated rings. The number of anilines is 2. The maximum absolute atomic E-state index is 12.0. The molecule has 2 rings (SSSR count). The number of hydrogen-bond donors (Lipinski definition) is 3. The van der Waals surface area contributed by atoms with Gasteiger partial charge in [0.2, 0.25) is 5.13 Å². The van der Waals surface area contributed by atoms with Gasteiger partial charge in [0, 0.05) is 5.69 Å². The Hall–Kier alpha value is -2.39. The van der Waals surface area contributed by atoms with Gasteiger partial charge in [-0.05, 0) is 62.7 Å². The number of carbonyl (C=O) groups excluding carboxylic acids is 2. The van der Waals surface area contributed by atoms with Gasteiger partial charge in [-0.3, -0.25) is 10.1 Å². The molecule has 0 aliphatic heterocycles. The van der Waals surface area contributed by atoms with Crippen LogP contribution in [-0.4, -0.2) is 27.1 Å². The number of benzene rings is 1. The number of thioether (sulfide) groups is 1. The van der Waals surface area contributed by atoms with Gasteiger partial charge in [-0.2, -0.15) is 0 Å². The highest BCUT2D eigenvalue weighted by Gasteiger charge is 2.15. The number of hydrogen-bond acceptors (Lipinski definition) is 7. The average Bonchev–Trinajstić information content (AvgIpc) is 2.95. The summed E-state index contributed by atoms with van der Waals surface area (Å²) in [6.45, 7) is 6.76. The van der Waals surface area contributed by atoms with E-state index in [1.54, 1.807) is 0 Å². The summed E-state index contributed by atoms with van der Waals surface area (Å²) in [5.41, 5.74) is 2.90. The fourth-order valence-electron chi connectivity index (χ4n) is 1.87. The molecule has 2 amide bonds. The Morgan fingerprint density at radius 3 is 2.44 bits per heavy atom. The SMILES string of the molecule is CC(=O)/C(Sc1nnc(NC(=O)Nc2ccc(C)c(C)c2)s1)=C(\C)O. The quantitative estimate of drug-likeness (QED) is 0.311. The zero-order valence-corrected chi connectivity index (χ0v) is 15.8. The summed E-state index contributed by atoms with van der Waals surface area (Å²) in [6, 6.07) is 5.19. The fraction of sp³-hybridized carbons (Fsp3) is 0.250. The third-order valence-corrected chi connectivity index (χ3v) is 5.41. The van der Waals surface area contributed by atoms with Crippen molar-refractivity contribution in [2.45, 2.75) is 32.0 Å². The topological polar surface area (TPSA) is 104 Å². The van der Waals surface area contributed by atoms with Crippen molar-refractivity contribution >= 4 is 45.7 Å². The number of nitrogens with zero attached hydrogens (tertiary/aromatic N) is 2. The van der Waals surface area contributed by atoms with E-state index in [-0.39, 0.29) is 16.4 Å². The van der Waals surface area contributed by atoms with Crippen LogP contribution in [0, 0.1) is 13.8 Å². The minimum absolute atomic E-state index is 0.0744. The van der Waals surface area contributed by atoms with Crippen LogP contribution in [-0.2, 0) is 4.79 Å². The average molecular weight is 378 g/mol. The highest BCUT2D eigenvalue weighted by Crippen LogP contribution is 2.32. The number of Topliss-reactive ketones (excluding diaryl/α,β-unsaturated/α-hetero) is 1. The number of aliphatic hydroxyl groups is 1. The van der Waals surface area contributed by atoms with Crippen molar-refractivity contribution < 1.29 is 14.7 Å². The van der Waals surface area contributed by atoms with E-state index in [0.29, 0.717) is 15.2 Å². The van der Waals surface area contributed by atoms with Crippen LogP contribution in [0.15, 0.2) is 33.2 Å². The van der Waals surface area contributed by atoms with Crippen LogP contribution in [0.5, 0.6) is 0 Å². The number of nitrogens with one attached hydrogen (secondary N) is 2. The Balaban J connectivity index is 2.00. The van der Waals surface area contributed by atoms with E-state index in [1.165, 1.54) is 13.8 Å². The smallest absolute Gasteiger partial charge is 0.325 e. The number of ketones is 1. The molecule has 132 valence electrons. The van der Waals surface area contributed by atoms with Crippen molar-refractivity contribution in [2.24, 2.45) is 0 Å². The molecule has 3 N–H and O–H groups in total. The van der Waals surface area contributed by atoms with Crippen LogP contribution in [0.25, 0.3) is 0 Å². The van der Waals surface area contributed by atoms with E-state index in [9.17, 15) is 14.7 Å². The van der Waals surface area contributed by atoms with Gasteiger partial charge in [0.05, 0.1) is 4.91 Å². The molecule has 0 aliphatic rings. The number of urea groups is 1. The molecule has 2 aromatic rings. The number of amides is 2. The molecule has 25 heavy (non-hydrogen) atoms. The second-order valence-electron chi connectivity index (χ2n) is 5.32. The highest BCUT2D eigenvalue weighted by molar-refractivity contribution is 8.05. The fourth-order valence-corrected chi connectivity index (χ4v) is 3.54. The van der Waals surface area contributed by atoms with E-state index in [0.717, 1.165) is 34.2 Å². The van der Waals surface area contributed by atoms with Crippen LogP contribution in [0.2, 0.25) is 0 Å². The monoisotopic (exact) mass is 378 g/mol. The third-order valence-electron chi connectivity index (χ3n) is 3.23. The largest absolute Gasteiger partial charge is 0.511 e. The number of aryl methyl sites for hydroxylation is 2. The lowest BCUT2D eigenvalue weighted by atomic mass is 10.1. The van der Waals surface area contributed by atoms with Crippen LogP contribution in [0.3, 0.4) is 0 Å². The summed E-state index contributed by atoms with van der Waals surface area (Å²) < 4.78 is 0.445. The van der Waals surface area contributed by atoms with Crippen molar-refractivity contribution in [3.8, 4) is 0 Å². The Kier molecular flexibility index (Phi) is 6.16. The third kappa shape index (κ3) is 5.30. The molecule has 0 radical (unpaired) electrons. The summed E-state index contributed by atoms with van der Waals surface area (Å²) in [4.78, 5) is 23.7. The van der Waals surface area contributed by atoms with E-state index in [2.05, 4.69) is 20.8 Å². The lowest BCUT2D eigenvalue weighted by Crippen LogP contribution is -2.19. The van der Waals surface area contributed by atoms with E-state index >= 15 is 0 Å². The Bertz CT molecular complexity index is 842. The molecule has 9 heteroatoms. The zero-order valence-electron chi connectivity index (χ0n) is 14.2. The van der Waals surface area contributed by atoms with Crippen molar-refractivity contribution in [3.05, 3.63) is 40.0 Å². The van der Waals surface area contributed by atoms with E-state index in [1.807, 2.05) is 32.0 Å². The maximum atomic E-state index is 12.0. The second-order valence-corrected chi connectivity index (χ2v) is 7.56. The molecule has 0 atom stereocenters. The number of aromatic nitrogens is 2. The first kappa shape index (κ1) is 18.9. The first-order chi connectivity index (χ1) is 11.8. The molecule has 0 saturated heterocycles. The lowest BCUT2D eigenvalue weighted by Gasteiger charge is -2.07. The number of carbonyl (C=O) groups is 2. The van der Waals surface area contributed by atoms with Crippen molar-refractivity contribution in [1.82, 2.24) is 10.2 Å². The summed E-state index contributed by atoms with van der Waals surface area (Å²) >= 11 is 2.13. The Morgan fingerprint density at radius 1 is 1.12 bits per heavy atom. The Morgan fingerprint density at radius 2 is 1.84 bits per heavy atom. The molecule has 1 aromatic heterocycles. The van der Waals surface area contributed by atoms with Gasteiger partial charge in [0.15, 0.2) is 10.1 Å². The van der Waals surface area contributed by atoms with Gasteiger partial charge in [-0.15, -0.1) is 10.2 Å².